The van der Waals surface area contributed by atoms with Gasteiger partial charge in [-0.1, -0.05) is 53.7 Å². The van der Waals surface area contributed by atoms with Crippen molar-refractivity contribution in [2.24, 2.45) is 0 Å². The van der Waals surface area contributed by atoms with E-state index in [1.165, 1.54) is 17.3 Å². The number of hydrogen-bond donors (Lipinski definition) is 1. The lowest BCUT2D eigenvalue weighted by Crippen LogP contribution is -2.35. The fraction of sp³-hybridized carbons (Fsp3) is 0.174. The Balaban J connectivity index is 1.41. The number of aromatic nitrogens is 1. The van der Waals surface area contributed by atoms with Crippen molar-refractivity contribution in [3.63, 3.8) is 0 Å². The highest BCUT2D eigenvalue weighted by Crippen LogP contribution is 2.33. The zero-order chi connectivity index (χ0) is 20.2. The molecule has 0 bridgehead atoms. The van der Waals surface area contributed by atoms with Crippen LogP contribution in [-0.4, -0.2) is 22.6 Å². The highest BCUT2D eigenvalue weighted by atomic mass is 32.2. The van der Waals surface area contributed by atoms with E-state index in [1.807, 2.05) is 55.5 Å². The van der Waals surface area contributed by atoms with Crippen LogP contribution < -0.4 is 10.2 Å². The molecule has 2 amide bonds. The number of anilines is 1. The summed E-state index contributed by atoms with van der Waals surface area (Å²) in [6, 6.07) is 19.2. The number of fused-ring (bicyclic) bond motifs is 1. The molecule has 5 nitrogen and oxygen atoms in total. The van der Waals surface area contributed by atoms with Gasteiger partial charge in [0, 0.05) is 18.3 Å². The quantitative estimate of drug-likeness (QED) is 0.700. The van der Waals surface area contributed by atoms with Crippen molar-refractivity contribution in [3.05, 3.63) is 89.1 Å². The second-order valence-electron chi connectivity index (χ2n) is 6.96. The molecule has 2 aromatic carbocycles. The van der Waals surface area contributed by atoms with Gasteiger partial charge >= 0.3 is 0 Å². The summed E-state index contributed by atoms with van der Waals surface area (Å²) in [5.74, 6) is 0.344. The topological polar surface area (TPSA) is 62.3 Å². The van der Waals surface area contributed by atoms with Gasteiger partial charge in [0.05, 0.1) is 18.0 Å². The number of hydrogen-bond acceptors (Lipinski definition) is 4. The predicted octanol–water partition coefficient (Wildman–Crippen LogP) is 3.96. The summed E-state index contributed by atoms with van der Waals surface area (Å²) in [5, 5.41) is 3.82. The van der Waals surface area contributed by atoms with Crippen molar-refractivity contribution in [2.75, 3.05) is 10.7 Å². The molecule has 2 heterocycles. The van der Waals surface area contributed by atoms with E-state index in [-0.39, 0.29) is 11.8 Å². The van der Waals surface area contributed by atoms with Crippen molar-refractivity contribution >= 4 is 29.3 Å². The number of aryl methyl sites for hydroxylation is 1. The van der Waals surface area contributed by atoms with E-state index in [0.29, 0.717) is 24.4 Å². The lowest BCUT2D eigenvalue weighted by atomic mass is 10.1. The van der Waals surface area contributed by atoms with Crippen LogP contribution in [-0.2, 0) is 17.9 Å². The van der Waals surface area contributed by atoms with Crippen molar-refractivity contribution in [1.82, 2.24) is 10.3 Å². The van der Waals surface area contributed by atoms with E-state index in [0.717, 1.165) is 21.8 Å². The first-order valence-corrected chi connectivity index (χ1v) is 10.4. The van der Waals surface area contributed by atoms with Crippen LogP contribution in [0.25, 0.3) is 0 Å². The molecule has 146 valence electrons. The fourth-order valence-electron chi connectivity index (χ4n) is 3.15. The normalized spacial score (nSPS) is 13.1. The number of carbonyl (C=O) groups is 2. The van der Waals surface area contributed by atoms with Gasteiger partial charge < -0.3 is 10.2 Å². The Bertz CT molecular complexity index is 1030. The Labute approximate surface area is 174 Å². The molecule has 3 aromatic rings. The summed E-state index contributed by atoms with van der Waals surface area (Å²) in [5.41, 5.74) is 4.67. The Morgan fingerprint density at radius 2 is 1.79 bits per heavy atom. The summed E-state index contributed by atoms with van der Waals surface area (Å²) in [6.45, 7) is 2.99. The van der Waals surface area contributed by atoms with Gasteiger partial charge in [-0.2, -0.15) is 0 Å². The smallest absolute Gasteiger partial charge is 0.251 e. The molecule has 0 fully saturated rings. The molecule has 1 aliphatic rings. The number of rotatable bonds is 5. The van der Waals surface area contributed by atoms with Crippen molar-refractivity contribution < 1.29 is 9.59 Å². The van der Waals surface area contributed by atoms with Gasteiger partial charge in [0.25, 0.3) is 5.91 Å². The summed E-state index contributed by atoms with van der Waals surface area (Å²) < 4.78 is 0. The molecule has 0 atom stereocenters. The molecule has 6 heteroatoms. The SMILES string of the molecule is Cc1ccc(CNC(=O)c2ccc(CN3C(=O)CSc4ncccc43)cc2)cc1. The summed E-state index contributed by atoms with van der Waals surface area (Å²) >= 11 is 1.47. The largest absolute Gasteiger partial charge is 0.348 e. The van der Waals surface area contributed by atoms with Gasteiger partial charge in [-0.3, -0.25) is 9.59 Å². The van der Waals surface area contributed by atoms with E-state index in [9.17, 15) is 9.59 Å². The predicted molar refractivity (Wildman–Crippen MR) is 115 cm³/mol. The first-order chi connectivity index (χ1) is 14.1. The summed E-state index contributed by atoms with van der Waals surface area (Å²) in [7, 11) is 0. The molecular formula is C23H21N3O2S. The molecular weight excluding hydrogens is 382 g/mol. The van der Waals surface area contributed by atoms with Gasteiger partial charge in [0.15, 0.2) is 0 Å². The van der Waals surface area contributed by atoms with Crippen molar-refractivity contribution in [1.29, 1.82) is 0 Å². The Morgan fingerprint density at radius 1 is 1.07 bits per heavy atom. The molecule has 0 spiro atoms. The molecule has 4 rings (SSSR count). The van der Waals surface area contributed by atoms with Crippen LogP contribution in [0.3, 0.4) is 0 Å². The van der Waals surface area contributed by atoms with Crippen LogP contribution in [0.4, 0.5) is 5.69 Å². The number of nitrogens with one attached hydrogen (secondary N) is 1. The Morgan fingerprint density at radius 3 is 2.55 bits per heavy atom. The first-order valence-electron chi connectivity index (χ1n) is 9.41. The third kappa shape index (κ3) is 4.49. The average Bonchev–Trinajstić information content (AvgIpc) is 2.75. The van der Waals surface area contributed by atoms with E-state index in [4.69, 9.17) is 0 Å². The number of pyridine rings is 1. The third-order valence-corrected chi connectivity index (χ3v) is 5.79. The molecule has 1 aliphatic heterocycles. The highest BCUT2D eigenvalue weighted by molar-refractivity contribution is 8.00. The molecule has 29 heavy (non-hydrogen) atoms. The van der Waals surface area contributed by atoms with E-state index in [1.54, 1.807) is 23.2 Å². The molecule has 0 aliphatic carbocycles. The second kappa shape index (κ2) is 8.49. The molecule has 0 saturated carbocycles. The third-order valence-electron chi connectivity index (χ3n) is 4.81. The maximum atomic E-state index is 12.4. The van der Waals surface area contributed by atoms with Gasteiger partial charge in [0.2, 0.25) is 5.91 Å². The highest BCUT2D eigenvalue weighted by Gasteiger charge is 2.25. The Hall–Kier alpha value is -3.12. The van der Waals surface area contributed by atoms with Crippen LogP contribution in [0.2, 0.25) is 0 Å². The van der Waals surface area contributed by atoms with E-state index in [2.05, 4.69) is 10.3 Å². The molecule has 1 aromatic heterocycles. The van der Waals surface area contributed by atoms with Crippen LogP contribution in [0.15, 0.2) is 71.9 Å². The van der Waals surface area contributed by atoms with E-state index < -0.39 is 0 Å². The standard InChI is InChI=1S/C23H21N3O2S/c1-16-4-6-17(7-5-16)13-25-22(28)19-10-8-18(9-11-19)14-26-20-3-2-12-24-23(20)29-15-21(26)27/h2-12H,13-15H2,1H3,(H,25,28). The molecule has 1 N–H and O–H groups in total. The molecule has 0 saturated heterocycles. The molecule has 0 unspecified atom stereocenters. The van der Waals surface area contributed by atoms with Gasteiger partial charge in [0.1, 0.15) is 5.03 Å². The Kier molecular flexibility index (Phi) is 5.62. The van der Waals surface area contributed by atoms with Crippen LogP contribution in [0.5, 0.6) is 0 Å². The number of benzene rings is 2. The fourth-order valence-corrected chi connectivity index (χ4v) is 4.03. The lowest BCUT2D eigenvalue weighted by molar-refractivity contribution is -0.116. The first kappa shape index (κ1) is 19.2. The van der Waals surface area contributed by atoms with Gasteiger partial charge in [-0.05, 0) is 42.3 Å². The van der Waals surface area contributed by atoms with Crippen LogP contribution >= 0.6 is 11.8 Å². The van der Waals surface area contributed by atoms with Crippen LogP contribution in [0, 0.1) is 6.92 Å². The number of nitrogens with zero attached hydrogens (tertiary/aromatic N) is 2. The van der Waals surface area contributed by atoms with Crippen LogP contribution in [0.1, 0.15) is 27.0 Å². The minimum absolute atomic E-state index is 0.0652. The van der Waals surface area contributed by atoms with Gasteiger partial charge in [-0.15, -0.1) is 0 Å². The second-order valence-corrected chi connectivity index (χ2v) is 7.93. The number of carbonyl (C=O) groups excluding carboxylic acids is 2. The van der Waals surface area contributed by atoms with Crippen molar-refractivity contribution in [3.8, 4) is 0 Å². The average molecular weight is 404 g/mol. The minimum Gasteiger partial charge on any atom is -0.348 e. The zero-order valence-corrected chi connectivity index (χ0v) is 16.9. The number of thioether (sulfide) groups is 1. The maximum Gasteiger partial charge on any atom is 0.251 e. The lowest BCUT2D eigenvalue weighted by Gasteiger charge is -2.28. The van der Waals surface area contributed by atoms with Crippen molar-refractivity contribution in [2.45, 2.75) is 25.0 Å². The summed E-state index contributed by atoms with van der Waals surface area (Å²) in [6.07, 6.45) is 1.74. The minimum atomic E-state index is -0.114. The van der Waals surface area contributed by atoms with E-state index >= 15 is 0 Å². The summed E-state index contributed by atoms with van der Waals surface area (Å²) in [4.78, 5) is 30.9. The maximum absolute atomic E-state index is 12.4. The van der Waals surface area contributed by atoms with Gasteiger partial charge in [-0.25, -0.2) is 4.98 Å². The zero-order valence-electron chi connectivity index (χ0n) is 16.1. The monoisotopic (exact) mass is 403 g/mol. The number of amides is 2. The molecule has 0 radical (unpaired) electrons.